The number of aromatic nitrogens is 2. The fourth-order valence-electron chi connectivity index (χ4n) is 6.67. The van der Waals surface area contributed by atoms with Crippen LogP contribution in [0.2, 0.25) is 0 Å². The molecule has 51 heavy (non-hydrogen) atoms. The maximum absolute atomic E-state index is 14.5. The van der Waals surface area contributed by atoms with Crippen LogP contribution < -0.4 is 10.2 Å². The highest BCUT2D eigenvalue weighted by Gasteiger charge is 2.32. The summed E-state index contributed by atoms with van der Waals surface area (Å²) in [7, 11) is -8.70. The standard InChI is InChI=1S/C38H35N5O6S2/c44-38(43-22-20-42(21-23-43)29-13-5-2-6-14-29)34(40-26-50(45,46)35-17-9-12-28-25-39-19-18-30(28)35)24-33-31-15-7-8-16-32(31)37(51(47,48)49)41-36(33)27-10-3-1-4-11-27/h1-19,25,34,40H,20-24,26H2,(H,47,48,49). The molecule has 1 unspecified atom stereocenters. The number of carbonyl (C=O) groups excluding carboxylic acids is 1. The number of anilines is 1. The molecule has 0 bridgehead atoms. The van der Waals surface area contributed by atoms with Crippen molar-refractivity contribution >= 4 is 53.1 Å². The molecule has 2 aromatic heterocycles. The summed E-state index contributed by atoms with van der Waals surface area (Å²) in [6.07, 6.45) is 3.12. The second-order valence-corrected chi connectivity index (χ2v) is 15.6. The Hall–Kier alpha value is -5.21. The minimum absolute atomic E-state index is 0.0177. The quantitative estimate of drug-likeness (QED) is 0.186. The normalized spacial score (nSPS) is 14.5. The number of rotatable bonds is 10. The summed E-state index contributed by atoms with van der Waals surface area (Å²) in [4.78, 5) is 27.2. The molecule has 0 spiro atoms. The van der Waals surface area contributed by atoms with E-state index in [0.717, 1.165) is 5.69 Å². The second-order valence-electron chi connectivity index (χ2n) is 12.4. The van der Waals surface area contributed by atoms with Gasteiger partial charge in [0, 0.05) is 66.0 Å². The van der Waals surface area contributed by atoms with Crippen LogP contribution >= 0.6 is 0 Å². The lowest BCUT2D eigenvalue weighted by Crippen LogP contribution is -2.55. The molecule has 1 fully saturated rings. The molecule has 1 saturated heterocycles. The maximum Gasteiger partial charge on any atom is 0.312 e. The van der Waals surface area contributed by atoms with Crippen molar-refractivity contribution in [1.82, 2.24) is 20.2 Å². The highest BCUT2D eigenvalue weighted by molar-refractivity contribution is 7.91. The molecular formula is C38H35N5O6S2. The van der Waals surface area contributed by atoms with E-state index in [0.29, 0.717) is 53.5 Å². The molecule has 1 aliphatic rings. The molecule has 7 rings (SSSR count). The number of hydrogen-bond acceptors (Lipinski definition) is 9. The number of hydrogen-bond donors (Lipinski definition) is 2. The first kappa shape index (κ1) is 34.2. The van der Waals surface area contributed by atoms with E-state index in [1.807, 2.05) is 36.4 Å². The van der Waals surface area contributed by atoms with Gasteiger partial charge in [-0.2, -0.15) is 8.42 Å². The van der Waals surface area contributed by atoms with Gasteiger partial charge in [-0.15, -0.1) is 0 Å². The van der Waals surface area contributed by atoms with Gasteiger partial charge in [0.15, 0.2) is 14.9 Å². The third-order valence-electron chi connectivity index (χ3n) is 9.19. The number of carbonyl (C=O) groups is 1. The Bertz CT molecular complexity index is 2430. The van der Waals surface area contributed by atoms with Gasteiger partial charge < -0.3 is 9.80 Å². The molecule has 1 aliphatic heterocycles. The molecule has 4 aromatic carbocycles. The first-order valence-corrected chi connectivity index (χ1v) is 19.5. The minimum atomic E-state index is -4.74. The van der Waals surface area contributed by atoms with E-state index in [2.05, 4.69) is 20.2 Å². The number of benzene rings is 4. The summed E-state index contributed by atoms with van der Waals surface area (Å²) >= 11 is 0. The summed E-state index contributed by atoms with van der Waals surface area (Å²) in [6.45, 7) is 2.02. The number of nitrogens with zero attached hydrogens (tertiary/aromatic N) is 4. The zero-order valence-electron chi connectivity index (χ0n) is 27.5. The van der Waals surface area contributed by atoms with Crippen molar-refractivity contribution in [2.75, 3.05) is 37.0 Å². The lowest BCUT2D eigenvalue weighted by atomic mass is 9.94. The Labute approximate surface area is 296 Å². The van der Waals surface area contributed by atoms with Crippen LogP contribution in [0, 0.1) is 0 Å². The molecule has 13 heteroatoms. The number of amides is 1. The second kappa shape index (κ2) is 14.2. The van der Waals surface area contributed by atoms with Crippen LogP contribution in [0.3, 0.4) is 0 Å². The SMILES string of the molecule is O=C(C(Cc1c(-c2ccccc2)nc(S(=O)(=O)O)c2ccccc12)NCS(=O)(=O)c1cccc2cnccc12)N1CCN(c2ccccc2)CC1. The van der Waals surface area contributed by atoms with E-state index in [1.54, 1.807) is 77.8 Å². The molecule has 0 radical (unpaired) electrons. The van der Waals surface area contributed by atoms with E-state index in [9.17, 15) is 26.2 Å². The lowest BCUT2D eigenvalue weighted by Gasteiger charge is -2.38. The Balaban J connectivity index is 1.28. The lowest BCUT2D eigenvalue weighted by molar-refractivity contribution is -0.133. The average molecular weight is 722 g/mol. The van der Waals surface area contributed by atoms with Crippen molar-refractivity contribution in [3.63, 3.8) is 0 Å². The molecule has 0 saturated carbocycles. The minimum Gasteiger partial charge on any atom is -0.368 e. The zero-order valence-corrected chi connectivity index (χ0v) is 29.1. The van der Waals surface area contributed by atoms with Crippen molar-refractivity contribution < 1.29 is 26.2 Å². The van der Waals surface area contributed by atoms with Crippen molar-refractivity contribution in [1.29, 1.82) is 0 Å². The maximum atomic E-state index is 14.5. The third-order valence-corrected chi connectivity index (χ3v) is 11.6. The van der Waals surface area contributed by atoms with Crippen LogP contribution in [0.4, 0.5) is 5.69 Å². The van der Waals surface area contributed by atoms with Gasteiger partial charge in [0.25, 0.3) is 0 Å². The van der Waals surface area contributed by atoms with Crippen LogP contribution in [0.25, 0.3) is 32.8 Å². The van der Waals surface area contributed by atoms with Gasteiger partial charge in [-0.3, -0.25) is 19.6 Å². The van der Waals surface area contributed by atoms with Gasteiger partial charge in [0.2, 0.25) is 5.91 Å². The average Bonchev–Trinajstić information content (AvgIpc) is 3.16. The summed E-state index contributed by atoms with van der Waals surface area (Å²) < 4.78 is 63.3. The molecule has 2 N–H and O–H groups in total. The van der Waals surface area contributed by atoms with Crippen LogP contribution in [-0.4, -0.2) is 80.3 Å². The fraction of sp³-hybridized carbons (Fsp3) is 0.184. The van der Waals surface area contributed by atoms with Crippen molar-refractivity contribution in [2.45, 2.75) is 22.4 Å². The van der Waals surface area contributed by atoms with Crippen molar-refractivity contribution in [2.24, 2.45) is 0 Å². The predicted octanol–water partition coefficient (Wildman–Crippen LogP) is 4.98. The van der Waals surface area contributed by atoms with Gasteiger partial charge in [-0.05, 0) is 41.6 Å². The first-order chi connectivity index (χ1) is 24.6. The van der Waals surface area contributed by atoms with Crippen molar-refractivity contribution in [3.05, 3.63) is 127 Å². The zero-order chi connectivity index (χ0) is 35.6. The van der Waals surface area contributed by atoms with Crippen LogP contribution in [0.5, 0.6) is 0 Å². The molecule has 1 atom stereocenters. The number of fused-ring (bicyclic) bond motifs is 2. The van der Waals surface area contributed by atoms with E-state index in [1.165, 1.54) is 12.3 Å². The summed E-state index contributed by atoms with van der Waals surface area (Å²) in [6, 6.07) is 31.1. The Morgan fingerprint density at radius 3 is 2.14 bits per heavy atom. The van der Waals surface area contributed by atoms with Crippen LogP contribution in [-0.2, 0) is 31.2 Å². The van der Waals surface area contributed by atoms with E-state index >= 15 is 0 Å². The predicted molar refractivity (Wildman–Crippen MR) is 197 cm³/mol. The number of para-hydroxylation sites is 1. The number of sulfone groups is 1. The first-order valence-electron chi connectivity index (χ1n) is 16.4. The molecule has 0 aliphatic carbocycles. The topological polar surface area (TPSA) is 150 Å². The largest absolute Gasteiger partial charge is 0.368 e. The van der Waals surface area contributed by atoms with Gasteiger partial charge in [0.1, 0.15) is 5.88 Å². The highest BCUT2D eigenvalue weighted by Crippen LogP contribution is 2.34. The number of piperazine rings is 1. The Morgan fingerprint density at radius 1 is 0.765 bits per heavy atom. The molecular weight excluding hydrogens is 687 g/mol. The number of nitrogens with one attached hydrogen (secondary N) is 1. The monoisotopic (exact) mass is 721 g/mol. The fourth-order valence-corrected chi connectivity index (χ4v) is 8.72. The molecule has 1 amide bonds. The Kier molecular flexibility index (Phi) is 9.53. The molecule has 11 nitrogen and oxygen atoms in total. The van der Waals surface area contributed by atoms with Crippen LogP contribution in [0.15, 0.2) is 132 Å². The van der Waals surface area contributed by atoms with Gasteiger partial charge >= 0.3 is 10.1 Å². The summed E-state index contributed by atoms with van der Waals surface area (Å²) in [5.74, 6) is -0.828. The third kappa shape index (κ3) is 7.19. The van der Waals surface area contributed by atoms with E-state index < -0.39 is 36.9 Å². The molecule has 6 aromatic rings. The summed E-state index contributed by atoms with van der Waals surface area (Å²) in [5, 5.41) is 4.45. The highest BCUT2D eigenvalue weighted by atomic mass is 32.2. The molecule has 260 valence electrons. The van der Waals surface area contributed by atoms with E-state index in [-0.39, 0.29) is 28.3 Å². The van der Waals surface area contributed by atoms with Gasteiger partial charge in [0.05, 0.1) is 16.6 Å². The smallest absolute Gasteiger partial charge is 0.312 e. The van der Waals surface area contributed by atoms with E-state index in [4.69, 9.17) is 0 Å². The Morgan fingerprint density at radius 2 is 1.43 bits per heavy atom. The van der Waals surface area contributed by atoms with Crippen molar-refractivity contribution in [3.8, 4) is 11.3 Å². The summed E-state index contributed by atoms with van der Waals surface area (Å²) in [5.41, 5.74) is 2.42. The molecule has 3 heterocycles. The van der Waals surface area contributed by atoms with Crippen LogP contribution in [0.1, 0.15) is 5.56 Å². The van der Waals surface area contributed by atoms with Gasteiger partial charge in [-0.25, -0.2) is 13.4 Å². The number of pyridine rings is 2. The van der Waals surface area contributed by atoms with Gasteiger partial charge in [-0.1, -0.05) is 84.9 Å².